The minimum absolute atomic E-state index is 1.09. The molecule has 0 aromatic heterocycles. The number of rotatable bonds is 8. The lowest BCUT2D eigenvalue weighted by molar-refractivity contribution is 1.13. The van der Waals surface area contributed by atoms with Gasteiger partial charge in [0.2, 0.25) is 0 Å². The summed E-state index contributed by atoms with van der Waals surface area (Å²) in [6.45, 7) is 24.9. The summed E-state index contributed by atoms with van der Waals surface area (Å²) in [5.41, 5.74) is 10.1. The normalized spacial score (nSPS) is 9.18. The van der Waals surface area contributed by atoms with Crippen molar-refractivity contribution >= 4 is 30.4 Å². The van der Waals surface area contributed by atoms with E-state index in [1.807, 2.05) is 60.7 Å². The summed E-state index contributed by atoms with van der Waals surface area (Å²) in [6.07, 6.45) is 12.6. The standard InChI is InChI=1S/C10H12.C10H10.2C10H12/c2*1-3-9-5-7-10(4-2)8-6-9;1-3-9-6-5-7-10(4-2)8-9;1-3-9-7-5-6-8-10(9)4-2/h3,5-8H,1,4H2,2H3;3-8H,1-2H2;2*3,5-8H,1,4H2,2H3. The third kappa shape index (κ3) is 12.9. The van der Waals surface area contributed by atoms with Gasteiger partial charge in [0, 0.05) is 0 Å². The highest BCUT2D eigenvalue weighted by Gasteiger charge is 1.92. The summed E-state index contributed by atoms with van der Waals surface area (Å²) in [7, 11) is 0. The van der Waals surface area contributed by atoms with Gasteiger partial charge in [-0.05, 0) is 63.8 Å². The fourth-order valence-corrected chi connectivity index (χ4v) is 3.65. The Bertz CT molecular complexity index is 1270. The SMILES string of the molecule is C=Cc1ccc(C=C)cc1.C=Cc1ccc(CC)cc1.C=Cc1cccc(CC)c1.C=Cc1ccccc1CC. The molecule has 0 fully saturated rings. The van der Waals surface area contributed by atoms with Crippen LogP contribution in [0, 0.1) is 0 Å². The second-order valence-corrected chi connectivity index (χ2v) is 8.93. The van der Waals surface area contributed by atoms with Crippen LogP contribution in [0.2, 0.25) is 0 Å². The monoisotopic (exact) mass is 526 g/mol. The summed E-state index contributed by atoms with van der Waals surface area (Å²) < 4.78 is 0. The molecule has 0 unspecified atom stereocenters. The second kappa shape index (κ2) is 20.5. The molecule has 0 heterocycles. The van der Waals surface area contributed by atoms with Gasteiger partial charge in [-0.15, -0.1) is 0 Å². The Morgan fingerprint density at radius 1 is 0.425 bits per heavy atom. The lowest BCUT2D eigenvalue weighted by Crippen LogP contribution is -1.83. The zero-order valence-electron chi connectivity index (χ0n) is 24.8. The predicted molar refractivity (Wildman–Crippen MR) is 184 cm³/mol. The topological polar surface area (TPSA) is 0 Å². The van der Waals surface area contributed by atoms with Crippen LogP contribution in [-0.4, -0.2) is 0 Å². The van der Waals surface area contributed by atoms with E-state index >= 15 is 0 Å². The molecule has 0 aliphatic rings. The van der Waals surface area contributed by atoms with Crippen molar-refractivity contribution in [1.82, 2.24) is 0 Å². The van der Waals surface area contributed by atoms with Gasteiger partial charge in [-0.25, -0.2) is 0 Å². The molecule has 0 nitrogen and oxygen atoms in total. The van der Waals surface area contributed by atoms with Crippen molar-refractivity contribution in [2.45, 2.75) is 40.0 Å². The molecule has 206 valence electrons. The molecule has 0 bridgehead atoms. The van der Waals surface area contributed by atoms with Gasteiger partial charge in [-0.1, -0.05) is 181 Å². The van der Waals surface area contributed by atoms with Crippen molar-refractivity contribution in [3.63, 3.8) is 0 Å². The third-order valence-corrected chi connectivity index (χ3v) is 6.28. The molecule has 0 amide bonds. The molecular formula is C40H46. The maximum Gasteiger partial charge on any atom is -0.0231 e. The van der Waals surface area contributed by atoms with Gasteiger partial charge in [0.25, 0.3) is 0 Å². The van der Waals surface area contributed by atoms with E-state index in [-0.39, 0.29) is 0 Å². The van der Waals surface area contributed by atoms with Crippen LogP contribution >= 0.6 is 0 Å². The van der Waals surface area contributed by atoms with Gasteiger partial charge in [0.05, 0.1) is 0 Å². The fourth-order valence-electron chi connectivity index (χ4n) is 3.65. The first-order chi connectivity index (χ1) is 19.5. The molecule has 40 heavy (non-hydrogen) atoms. The average Bonchev–Trinajstić information content (AvgIpc) is 3.05. The second-order valence-electron chi connectivity index (χ2n) is 8.93. The Kier molecular flexibility index (Phi) is 17.3. The largest absolute Gasteiger partial charge is 0.0985 e. The predicted octanol–water partition coefficient (Wildman–Crippen LogP) is 11.6. The Hall–Kier alpha value is -4.42. The highest BCUT2D eigenvalue weighted by atomic mass is 14.0. The molecule has 4 rings (SSSR count). The van der Waals surface area contributed by atoms with Crippen molar-refractivity contribution in [2.24, 2.45) is 0 Å². The third-order valence-electron chi connectivity index (χ3n) is 6.28. The summed E-state index contributed by atoms with van der Waals surface area (Å²) in [4.78, 5) is 0. The Morgan fingerprint density at radius 2 is 0.900 bits per heavy atom. The number of aryl methyl sites for hydroxylation is 3. The van der Waals surface area contributed by atoms with Crippen molar-refractivity contribution in [1.29, 1.82) is 0 Å². The maximum atomic E-state index is 3.74. The van der Waals surface area contributed by atoms with Gasteiger partial charge in [-0.2, -0.15) is 0 Å². The Morgan fingerprint density at radius 3 is 1.30 bits per heavy atom. The minimum Gasteiger partial charge on any atom is -0.0985 e. The van der Waals surface area contributed by atoms with Crippen LogP contribution in [0.5, 0.6) is 0 Å². The van der Waals surface area contributed by atoms with Crippen LogP contribution in [0.4, 0.5) is 0 Å². The zero-order chi connectivity index (χ0) is 29.6. The molecule has 0 N–H and O–H groups in total. The van der Waals surface area contributed by atoms with Gasteiger partial charge < -0.3 is 0 Å². The van der Waals surface area contributed by atoms with Crippen molar-refractivity contribution in [2.75, 3.05) is 0 Å². The number of hydrogen-bond acceptors (Lipinski definition) is 0. The van der Waals surface area contributed by atoms with E-state index < -0.39 is 0 Å². The molecule has 0 radical (unpaired) electrons. The van der Waals surface area contributed by atoms with Gasteiger partial charge in [0.1, 0.15) is 0 Å². The molecule has 0 spiro atoms. The Labute approximate surface area is 244 Å². The van der Waals surface area contributed by atoms with E-state index in [2.05, 4.69) is 120 Å². The quantitative estimate of drug-likeness (QED) is 0.214. The van der Waals surface area contributed by atoms with Gasteiger partial charge in [0.15, 0.2) is 0 Å². The van der Waals surface area contributed by atoms with Crippen LogP contribution in [0.3, 0.4) is 0 Å². The summed E-state index contributed by atoms with van der Waals surface area (Å²) >= 11 is 0. The van der Waals surface area contributed by atoms with Crippen LogP contribution < -0.4 is 0 Å². The minimum atomic E-state index is 1.09. The first-order valence-electron chi connectivity index (χ1n) is 14.0. The van der Waals surface area contributed by atoms with Crippen LogP contribution in [0.15, 0.2) is 130 Å². The van der Waals surface area contributed by atoms with Crippen molar-refractivity contribution in [3.8, 4) is 0 Å². The van der Waals surface area contributed by atoms with E-state index in [1.54, 1.807) is 0 Å². The first kappa shape index (κ1) is 33.6. The summed E-state index contributed by atoms with van der Waals surface area (Å²) in [6, 6.07) is 33.3. The molecule has 4 aromatic rings. The first-order valence-corrected chi connectivity index (χ1v) is 14.0. The number of hydrogen-bond donors (Lipinski definition) is 0. The molecule has 0 aliphatic heterocycles. The molecule has 0 atom stereocenters. The van der Waals surface area contributed by atoms with Crippen molar-refractivity contribution < 1.29 is 0 Å². The van der Waals surface area contributed by atoms with E-state index in [0.717, 1.165) is 30.4 Å². The lowest BCUT2D eigenvalue weighted by atomic mass is 10.1. The lowest BCUT2D eigenvalue weighted by Gasteiger charge is -1.99. The number of benzene rings is 4. The van der Waals surface area contributed by atoms with E-state index in [4.69, 9.17) is 0 Å². The summed E-state index contributed by atoms with van der Waals surface area (Å²) in [5.74, 6) is 0. The van der Waals surface area contributed by atoms with Crippen LogP contribution in [-0.2, 0) is 19.3 Å². The van der Waals surface area contributed by atoms with E-state index in [0.29, 0.717) is 0 Å². The van der Waals surface area contributed by atoms with Gasteiger partial charge >= 0.3 is 0 Å². The van der Waals surface area contributed by atoms with Crippen molar-refractivity contribution in [3.05, 3.63) is 174 Å². The molecule has 0 saturated heterocycles. The van der Waals surface area contributed by atoms with E-state index in [9.17, 15) is 0 Å². The molecular weight excluding hydrogens is 480 g/mol. The zero-order valence-corrected chi connectivity index (χ0v) is 24.8. The highest BCUT2D eigenvalue weighted by Crippen LogP contribution is 2.10. The smallest absolute Gasteiger partial charge is 0.0231 e. The molecule has 0 saturated carbocycles. The molecule has 0 aliphatic carbocycles. The van der Waals surface area contributed by atoms with Gasteiger partial charge in [-0.3, -0.25) is 0 Å². The fraction of sp³-hybridized carbons (Fsp3) is 0.150. The summed E-state index contributed by atoms with van der Waals surface area (Å²) in [5, 5.41) is 0. The maximum absolute atomic E-state index is 3.74. The molecule has 0 heteroatoms. The molecule has 4 aromatic carbocycles. The van der Waals surface area contributed by atoms with E-state index in [1.165, 1.54) is 33.4 Å². The van der Waals surface area contributed by atoms with Crippen LogP contribution in [0.25, 0.3) is 30.4 Å². The Balaban J connectivity index is 0.000000267. The van der Waals surface area contributed by atoms with Crippen LogP contribution in [0.1, 0.15) is 65.3 Å². The highest BCUT2D eigenvalue weighted by molar-refractivity contribution is 5.54. The average molecular weight is 527 g/mol.